The van der Waals surface area contributed by atoms with Crippen LogP contribution in [-0.4, -0.2) is 16.8 Å². The summed E-state index contributed by atoms with van der Waals surface area (Å²) in [6.07, 6.45) is 3.91. The third-order valence-corrected chi connectivity index (χ3v) is 3.16. The average Bonchev–Trinajstić information content (AvgIpc) is 2.34. The SMILES string of the molecule is CC(=O)CCCCCC(C(N)=O)c1ccc(O)cc1. The van der Waals surface area contributed by atoms with E-state index in [2.05, 4.69) is 0 Å². The lowest BCUT2D eigenvalue weighted by atomic mass is 9.92. The van der Waals surface area contributed by atoms with Crippen LogP contribution in [0.3, 0.4) is 0 Å². The van der Waals surface area contributed by atoms with Gasteiger partial charge < -0.3 is 15.6 Å². The molecular weight excluding hydrogens is 242 g/mol. The Morgan fingerprint density at radius 1 is 1.16 bits per heavy atom. The average molecular weight is 263 g/mol. The number of Topliss-reactive ketones (excluding diaryl/α,β-unsaturated/α-hetero) is 1. The molecule has 0 aliphatic carbocycles. The van der Waals surface area contributed by atoms with Gasteiger partial charge in [-0.05, 0) is 37.5 Å². The van der Waals surface area contributed by atoms with Gasteiger partial charge in [-0.15, -0.1) is 0 Å². The number of amides is 1. The van der Waals surface area contributed by atoms with Crippen molar-refractivity contribution in [3.63, 3.8) is 0 Å². The molecule has 0 heterocycles. The van der Waals surface area contributed by atoms with E-state index in [1.54, 1.807) is 31.2 Å². The van der Waals surface area contributed by atoms with Crippen molar-refractivity contribution in [2.45, 2.75) is 44.9 Å². The van der Waals surface area contributed by atoms with E-state index in [1.165, 1.54) is 0 Å². The molecular formula is C15H21NO3. The topological polar surface area (TPSA) is 80.4 Å². The third-order valence-electron chi connectivity index (χ3n) is 3.16. The largest absolute Gasteiger partial charge is 0.508 e. The predicted octanol–water partition coefficient (Wildman–Crippen LogP) is 2.50. The number of aromatic hydroxyl groups is 1. The number of hydrogen-bond acceptors (Lipinski definition) is 3. The van der Waals surface area contributed by atoms with Gasteiger partial charge in [-0.2, -0.15) is 0 Å². The second-order valence-corrected chi connectivity index (χ2v) is 4.85. The van der Waals surface area contributed by atoms with Crippen LogP contribution in [0.15, 0.2) is 24.3 Å². The van der Waals surface area contributed by atoms with Crippen LogP contribution < -0.4 is 5.73 Å². The molecule has 1 rings (SSSR count). The van der Waals surface area contributed by atoms with Gasteiger partial charge in [-0.25, -0.2) is 0 Å². The summed E-state index contributed by atoms with van der Waals surface area (Å²) in [5, 5.41) is 9.23. The van der Waals surface area contributed by atoms with Crippen molar-refractivity contribution in [2.75, 3.05) is 0 Å². The number of hydrogen-bond donors (Lipinski definition) is 2. The molecule has 3 N–H and O–H groups in total. The lowest BCUT2D eigenvalue weighted by molar-refractivity contribution is -0.120. The van der Waals surface area contributed by atoms with Gasteiger partial charge in [0.25, 0.3) is 0 Å². The van der Waals surface area contributed by atoms with E-state index in [9.17, 15) is 14.7 Å². The van der Waals surface area contributed by atoms with Crippen LogP contribution in [0.5, 0.6) is 5.75 Å². The van der Waals surface area contributed by atoms with Crippen molar-refractivity contribution in [2.24, 2.45) is 5.73 Å². The van der Waals surface area contributed by atoms with Crippen molar-refractivity contribution in [3.8, 4) is 5.75 Å². The number of ketones is 1. The standard InChI is InChI=1S/C15H21NO3/c1-11(17)5-3-2-4-6-14(15(16)19)12-7-9-13(18)10-8-12/h7-10,14,18H,2-6H2,1H3,(H2,16,19). The Balaban J connectivity index is 2.47. The van der Waals surface area contributed by atoms with Gasteiger partial charge in [0.2, 0.25) is 5.91 Å². The van der Waals surface area contributed by atoms with Crippen LogP contribution in [0.25, 0.3) is 0 Å². The molecule has 0 saturated carbocycles. The second-order valence-electron chi connectivity index (χ2n) is 4.85. The van der Waals surface area contributed by atoms with E-state index < -0.39 is 0 Å². The van der Waals surface area contributed by atoms with Crippen molar-refractivity contribution in [1.82, 2.24) is 0 Å². The first-order chi connectivity index (χ1) is 9.00. The molecule has 1 aromatic carbocycles. The number of rotatable bonds is 8. The van der Waals surface area contributed by atoms with Crippen LogP contribution in [0.1, 0.15) is 50.5 Å². The zero-order valence-corrected chi connectivity index (χ0v) is 11.3. The maximum Gasteiger partial charge on any atom is 0.224 e. The Bertz CT molecular complexity index is 426. The highest BCUT2D eigenvalue weighted by Gasteiger charge is 2.17. The molecule has 0 bridgehead atoms. The Morgan fingerprint density at radius 2 is 1.79 bits per heavy atom. The molecule has 0 aliphatic heterocycles. The Labute approximate surface area is 113 Å². The summed E-state index contributed by atoms with van der Waals surface area (Å²) in [5.41, 5.74) is 6.24. The van der Waals surface area contributed by atoms with Crippen LogP contribution in [0, 0.1) is 0 Å². The normalized spacial score (nSPS) is 12.1. The van der Waals surface area contributed by atoms with Crippen molar-refractivity contribution in [1.29, 1.82) is 0 Å². The molecule has 104 valence electrons. The van der Waals surface area contributed by atoms with Gasteiger partial charge in [0, 0.05) is 6.42 Å². The first-order valence-electron chi connectivity index (χ1n) is 6.58. The third kappa shape index (κ3) is 5.55. The van der Waals surface area contributed by atoms with Gasteiger partial charge in [0.15, 0.2) is 0 Å². The minimum absolute atomic E-state index is 0.174. The number of nitrogens with two attached hydrogens (primary N) is 1. The monoisotopic (exact) mass is 263 g/mol. The van der Waals surface area contributed by atoms with Crippen LogP contribution in [-0.2, 0) is 9.59 Å². The molecule has 0 aliphatic rings. The summed E-state index contributed by atoms with van der Waals surface area (Å²) in [7, 11) is 0. The van der Waals surface area contributed by atoms with Crippen LogP contribution in [0.2, 0.25) is 0 Å². The zero-order valence-electron chi connectivity index (χ0n) is 11.3. The number of phenols is 1. The van der Waals surface area contributed by atoms with Crippen LogP contribution in [0.4, 0.5) is 0 Å². The van der Waals surface area contributed by atoms with Gasteiger partial charge in [-0.1, -0.05) is 25.0 Å². The van der Waals surface area contributed by atoms with E-state index in [-0.39, 0.29) is 23.4 Å². The highest BCUT2D eigenvalue weighted by atomic mass is 16.3. The smallest absolute Gasteiger partial charge is 0.224 e. The summed E-state index contributed by atoms with van der Waals surface area (Å²) in [6.45, 7) is 1.59. The molecule has 4 heteroatoms. The maximum atomic E-state index is 11.5. The highest BCUT2D eigenvalue weighted by Crippen LogP contribution is 2.24. The van der Waals surface area contributed by atoms with Gasteiger partial charge in [0.05, 0.1) is 5.92 Å². The Kier molecular flexibility index (Phi) is 6.06. The summed E-state index contributed by atoms with van der Waals surface area (Å²) in [5.74, 6) is -0.298. The van der Waals surface area contributed by atoms with Gasteiger partial charge in [0.1, 0.15) is 11.5 Å². The molecule has 1 aromatic rings. The minimum Gasteiger partial charge on any atom is -0.508 e. The molecule has 0 saturated heterocycles. The number of carbonyl (C=O) groups is 2. The molecule has 0 aromatic heterocycles. The Hall–Kier alpha value is -1.84. The van der Waals surface area contributed by atoms with E-state index in [4.69, 9.17) is 5.73 Å². The molecule has 1 atom stereocenters. The maximum absolute atomic E-state index is 11.5. The first-order valence-corrected chi connectivity index (χ1v) is 6.58. The first kappa shape index (κ1) is 15.2. The quantitative estimate of drug-likeness (QED) is 0.707. The van der Waals surface area contributed by atoms with Crippen LogP contribution >= 0.6 is 0 Å². The molecule has 1 amide bonds. The Morgan fingerprint density at radius 3 is 2.32 bits per heavy atom. The predicted molar refractivity (Wildman–Crippen MR) is 73.8 cm³/mol. The van der Waals surface area contributed by atoms with E-state index in [0.29, 0.717) is 12.8 Å². The molecule has 0 radical (unpaired) electrons. The molecule has 4 nitrogen and oxygen atoms in total. The lowest BCUT2D eigenvalue weighted by Crippen LogP contribution is -2.21. The van der Waals surface area contributed by atoms with E-state index in [0.717, 1.165) is 24.8 Å². The summed E-state index contributed by atoms with van der Waals surface area (Å²) in [4.78, 5) is 22.3. The summed E-state index contributed by atoms with van der Waals surface area (Å²) >= 11 is 0. The lowest BCUT2D eigenvalue weighted by Gasteiger charge is -2.13. The number of phenolic OH excluding ortho intramolecular Hbond substituents is 1. The van der Waals surface area contributed by atoms with Crippen molar-refractivity contribution >= 4 is 11.7 Å². The van der Waals surface area contributed by atoms with Gasteiger partial charge in [-0.3, -0.25) is 4.79 Å². The van der Waals surface area contributed by atoms with E-state index in [1.807, 2.05) is 0 Å². The summed E-state index contributed by atoms with van der Waals surface area (Å²) in [6, 6.07) is 6.56. The number of primary amides is 1. The van der Waals surface area contributed by atoms with Crippen molar-refractivity contribution < 1.29 is 14.7 Å². The molecule has 1 unspecified atom stereocenters. The zero-order chi connectivity index (χ0) is 14.3. The number of carbonyl (C=O) groups excluding carboxylic acids is 2. The fourth-order valence-electron chi connectivity index (χ4n) is 2.08. The number of benzene rings is 1. The fraction of sp³-hybridized carbons (Fsp3) is 0.467. The molecule has 0 fully saturated rings. The summed E-state index contributed by atoms with van der Waals surface area (Å²) < 4.78 is 0. The highest BCUT2D eigenvalue weighted by molar-refractivity contribution is 5.81. The molecule has 0 spiro atoms. The number of unbranched alkanes of at least 4 members (excludes halogenated alkanes) is 2. The molecule has 19 heavy (non-hydrogen) atoms. The second kappa shape index (κ2) is 7.56. The fourth-order valence-corrected chi connectivity index (χ4v) is 2.08. The minimum atomic E-state index is -0.350. The van der Waals surface area contributed by atoms with E-state index >= 15 is 0 Å². The van der Waals surface area contributed by atoms with Gasteiger partial charge >= 0.3 is 0 Å². The van der Waals surface area contributed by atoms with Crippen molar-refractivity contribution in [3.05, 3.63) is 29.8 Å².